The van der Waals surface area contributed by atoms with Crippen molar-refractivity contribution in [2.24, 2.45) is 0 Å². The Morgan fingerprint density at radius 3 is 2.26 bits per heavy atom. The third kappa shape index (κ3) is 4.45. The van der Waals surface area contributed by atoms with Crippen molar-refractivity contribution >= 4 is 23.4 Å². The van der Waals surface area contributed by atoms with E-state index in [1.165, 1.54) is 5.56 Å². The SMILES string of the molecule is C[C@H](SCC(=O)Nc1ccccc1)c1ccccc1. The van der Waals surface area contributed by atoms with Crippen LogP contribution in [0.4, 0.5) is 5.69 Å². The number of thioether (sulfide) groups is 1. The van der Waals surface area contributed by atoms with Crippen molar-refractivity contribution in [2.75, 3.05) is 11.1 Å². The van der Waals surface area contributed by atoms with Crippen LogP contribution in [0.3, 0.4) is 0 Å². The summed E-state index contributed by atoms with van der Waals surface area (Å²) in [7, 11) is 0. The Kier molecular flexibility index (Phi) is 5.04. The van der Waals surface area contributed by atoms with Crippen molar-refractivity contribution in [1.82, 2.24) is 0 Å². The van der Waals surface area contributed by atoms with Crippen LogP contribution in [-0.2, 0) is 4.79 Å². The van der Waals surface area contributed by atoms with Gasteiger partial charge in [0, 0.05) is 10.9 Å². The highest BCUT2D eigenvalue weighted by molar-refractivity contribution is 8.00. The molecule has 1 amide bonds. The Hall–Kier alpha value is -1.74. The molecule has 2 aromatic rings. The van der Waals surface area contributed by atoms with E-state index >= 15 is 0 Å². The van der Waals surface area contributed by atoms with E-state index in [0.29, 0.717) is 11.0 Å². The van der Waals surface area contributed by atoms with Gasteiger partial charge in [0.1, 0.15) is 0 Å². The summed E-state index contributed by atoms with van der Waals surface area (Å²) in [5.74, 6) is 0.504. The van der Waals surface area contributed by atoms with E-state index in [2.05, 4.69) is 24.4 Å². The molecule has 1 N–H and O–H groups in total. The van der Waals surface area contributed by atoms with E-state index in [0.717, 1.165) is 5.69 Å². The zero-order chi connectivity index (χ0) is 13.5. The molecule has 1 atom stereocenters. The number of carbonyl (C=O) groups is 1. The van der Waals surface area contributed by atoms with Gasteiger partial charge in [0.25, 0.3) is 0 Å². The van der Waals surface area contributed by atoms with Crippen molar-refractivity contribution in [2.45, 2.75) is 12.2 Å². The molecule has 0 saturated heterocycles. The van der Waals surface area contributed by atoms with Crippen molar-refractivity contribution in [3.63, 3.8) is 0 Å². The molecular weight excluding hydrogens is 254 g/mol. The molecule has 98 valence electrons. The lowest BCUT2D eigenvalue weighted by molar-refractivity contribution is -0.113. The molecule has 0 fully saturated rings. The van der Waals surface area contributed by atoms with E-state index in [9.17, 15) is 4.79 Å². The molecule has 0 heterocycles. The molecule has 0 spiro atoms. The van der Waals surface area contributed by atoms with Crippen LogP contribution in [0.15, 0.2) is 60.7 Å². The summed E-state index contributed by atoms with van der Waals surface area (Å²) in [4.78, 5) is 11.8. The van der Waals surface area contributed by atoms with Crippen molar-refractivity contribution in [3.05, 3.63) is 66.2 Å². The van der Waals surface area contributed by atoms with E-state index in [1.807, 2.05) is 48.5 Å². The molecule has 0 unspecified atom stereocenters. The number of nitrogens with one attached hydrogen (secondary N) is 1. The monoisotopic (exact) mass is 271 g/mol. The van der Waals surface area contributed by atoms with E-state index in [-0.39, 0.29) is 5.91 Å². The number of para-hydroxylation sites is 1. The van der Waals surface area contributed by atoms with Crippen LogP contribution >= 0.6 is 11.8 Å². The predicted molar refractivity (Wildman–Crippen MR) is 82.4 cm³/mol. The minimum Gasteiger partial charge on any atom is -0.325 e. The Bertz CT molecular complexity index is 513. The third-order valence-electron chi connectivity index (χ3n) is 2.79. The van der Waals surface area contributed by atoms with Crippen LogP contribution in [0.1, 0.15) is 17.7 Å². The highest BCUT2D eigenvalue weighted by atomic mass is 32.2. The highest BCUT2D eigenvalue weighted by Gasteiger charge is 2.08. The largest absolute Gasteiger partial charge is 0.325 e. The molecule has 2 aromatic carbocycles. The normalized spacial score (nSPS) is 11.8. The van der Waals surface area contributed by atoms with E-state index in [1.54, 1.807) is 11.8 Å². The molecule has 0 radical (unpaired) electrons. The molecule has 0 bridgehead atoms. The first-order valence-electron chi connectivity index (χ1n) is 6.27. The van der Waals surface area contributed by atoms with Gasteiger partial charge < -0.3 is 5.32 Å². The predicted octanol–water partition coefficient (Wildman–Crippen LogP) is 4.12. The number of benzene rings is 2. The van der Waals surface area contributed by atoms with E-state index in [4.69, 9.17) is 0 Å². The minimum absolute atomic E-state index is 0.0407. The van der Waals surface area contributed by atoms with Gasteiger partial charge in [-0.05, 0) is 24.6 Å². The summed E-state index contributed by atoms with van der Waals surface area (Å²) in [6.07, 6.45) is 0. The summed E-state index contributed by atoms with van der Waals surface area (Å²) < 4.78 is 0. The first kappa shape index (κ1) is 13.7. The smallest absolute Gasteiger partial charge is 0.234 e. The Morgan fingerprint density at radius 1 is 1.05 bits per heavy atom. The highest BCUT2D eigenvalue weighted by Crippen LogP contribution is 2.27. The Labute approximate surface area is 118 Å². The second-order valence-electron chi connectivity index (χ2n) is 4.28. The third-order valence-corrected chi connectivity index (χ3v) is 3.99. The van der Waals surface area contributed by atoms with Crippen LogP contribution in [0.5, 0.6) is 0 Å². The Balaban J connectivity index is 1.81. The molecule has 2 nitrogen and oxygen atoms in total. The van der Waals surface area contributed by atoms with Gasteiger partial charge in [-0.1, -0.05) is 48.5 Å². The maximum absolute atomic E-state index is 11.8. The molecule has 19 heavy (non-hydrogen) atoms. The minimum atomic E-state index is 0.0407. The standard InChI is InChI=1S/C16H17NOS/c1-13(14-8-4-2-5-9-14)19-12-16(18)17-15-10-6-3-7-11-15/h2-11,13H,12H2,1H3,(H,17,18)/t13-/m0/s1. The quantitative estimate of drug-likeness (QED) is 0.886. The van der Waals surface area contributed by atoms with Gasteiger partial charge in [-0.25, -0.2) is 0 Å². The van der Waals surface area contributed by atoms with Gasteiger partial charge >= 0.3 is 0 Å². The first-order valence-corrected chi connectivity index (χ1v) is 7.32. The maximum atomic E-state index is 11.8. The molecule has 0 saturated carbocycles. The molecule has 0 aromatic heterocycles. The lowest BCUT2D eigenvalue weighted by Crippen LogP contribution is -2.14. The average molecular weight is 271 g/mol. The Morgan fingerprint density at radius 2 is 1.63 bits per heavy atom. The van der Waals surface area contributed by atoms with Gasteiger partial charge in [-0.15, -0.1) is 11.8 Å². The fourth-order valence-electron chi connectivity index (χ4n) is 1.74. The topological polar surface area (TPSA) is 29.1 Å². The second-order valence-corrected chi connectivity index (χ2v) is 5.61. The molecule has 0 aliphatic carbocycles. The van der Waals surface area contributed by atoms with Gasteiger partial charge in [-0.2, -0.15) is 0 Å². The van der Waals surface area contributed by atoms with Crippen LogP contribution in [0.2, 0.25) is 0 Å². The van der Waals surface area contributed by atoms with Gasteiger partial charge in [-0.3, -0.25) is 4.79 Å². The second kappa shape index (κ2) is 7.00. The zero-order valence-corrected chi connectivity index (χ0v) is 11.7. The first-order chi connectivity index (χ1) is 9.25. The summed E-state index contributed by atoms with van der Waals surface area (Å²) in [6.45, 7) is 2.12. The number of hydrogen-bond donors (Lipinski definition) is 1. The van der Waals surface area contributed by atoms with Crippen molar-refractivity contribution < 1.29 is 4.79 Å². The van der Waals surface area contributed by atoms with Gasteiger partial charge in [0.05, 0.1) is 5.75 Å². The number of amides is 1. The zero-order valence-electron chi connectivity index (χ0n) is 10.9. The van der Waals surface area contributed by atoms with Crippen molar-refractivity contribution in [3.8, 4) is 0 Å². The fourth-order valence-corrected chi connectivity index (χ4v) is 2.56. The fraction of sp³-hybridized carbons (Fsp3) is 0.188. The van der Waals surface area contributed by atoms with E-state index < -0.39 is 0 Å². The lowest BCUT2D eigenvalue weighted by Gasteiger charge is -2.11. The number of rotatable bonds is 5. The van der Waals surface area contributed by atoms with Gasteiger partial charge in [0.2, 0.25) is 5.91 Å². The molecule has 3 heteroatoms. The van der Waals surface area contributed by atoms with Crippen molar-refractivity contribution in [1.29, 1.82) is 0 Å². The maximum Gasteiger partial charge on any atom is 0.234 e. The van der Waals surface area contributed by atoms with Crippen LogP contribution < -0.4 is 5.32 Å². The van der Waals surface area contributed by atoms with Crippen LogP contribution in [-0.4, -0.2) is 11.7 Å². The summed E-state index contributed by atoms with van der Waals surface area (Å²) in [5.41, 5.74) is 2.10. The van der Waals surface area contributed by atoms with Crippen LogP contribution in [0, 0.1) is 0 Å². The molecule has 0 aliphatic rings. The lowest BCUT2D eigenvalue weighted by atomic mass is 10.2. The average Bonchev–Trinajstić information content (AvgIpc) is 2.47. The summed E-state index contributed by atoms with van der Waals surface area (Å²) in [6, 6.07) is 19.8. The molecule has 0 aliphatic heterocycles. The molecule has 2 rings (SSSR count). The summed E-state index contributed by atoms with van der Waals surface area (Å²) >= 11 is 1.64. The summed E-state index contributed by atoms with van der Waals surface area (Å²) in [5, 5.41) is 3.21. The number of hydrogen-bond acceptors (Lipinski definition) is 2. The van der Waals surface area contributed by atoms with Crippen LogP contribution in [0.25, 0.3) is 0 Å². The van der Waals surface area contributed by atoms with Gasteiger partial charge in [0.15, 0.2) is 0 Å². The number of anilines is 1. The number of carbonyl (C=O) groups excluding carboxylic acids is 1. The molecular formula is C16H17NOS.